The number of carbonyl (C=O) groups is 2. The monoisotopic (exact) mass is 408 g/mol. The van der Waals surface area contributed by atoms with Crippen LogP contribution in [-0.4, -0.2) is 26.5 Å². The van der Waals surface area contributed by atoms with Crippen LogP contribution in [0.5, 0.6) is 0 Å². The number of nitrogens with one attached hydrogen (secondary N) is 2. The highest BCUT2D eigenvalue weighted by Gasteiger charge is 2.15. The molecule has 0 heterocycles. The highest BCUT2D eigenvalue weighted by molar-refractivity contribution is 7.90. The molecule has 6 nitrogen and oxygen atoms in total. The molecule has 0 atom stereocenters. The van der Waals surface area contributed by atoms with Gasteiger partial charge in [-0.3, -0.25) is 9.59 Å². The molecule has 8 heteroatoms. The summed E-state index contributed by atoms with van der Waals surface area (Å²) in [6.45, 7) is 2.17. The van der Waals surface area contributed by atoms with Crippen LogP contribution < -0.4 is 10.6 Å². The van der Waals surface area contributed by atoms with Gasteiger partial charge in [0, 0.05) is 24.9 Å². The summed E-state index contributed by atoms with van der Waals surface area (Å²) in [7, 11) is -3.43. The van der Waals surface area contributed by atoms with Crippen molar-refractivity contribution in [1.82, 2.24) is 5.32 Å². The van der Waals surface area contributed by atoms with Gasteiger partial charge in [0.1, 0.15) is 0 Å². The van der Waals surface area contributed by atoms with Crippen molar-refractivity contribution in [3.05, 3.63) is 58.6 Å². The van der Waals surface area contributed by atoms with Gasteiger partial charge in [-0.2, -0.15) is 0 Å². The summed E-state index contributed by atoms with van der Waals surface area (Å²) < 4.78 is 23.3. The van der Waals surface area contributed by atoms with Crippen molar-refractivity contribution in [2.75, 3.05) is 11.6 Å². The zero-order chi connectivity index (χ0) is 20.0. The molecule has 2 N–H and O–H groups in total. The van der Waals surface area contributed by atoms with Crippen LogP contribution in [0, 0.1) is 0 Å². The van der Waals surface area contributed by atoms with Gasteiger partial charge in [0.15, 0.2) is 9.84 Å². The lowest BCUT2D eigenvalue weighted by Gasteiger charge is -2.09. The average Bonchev–Trinajstić information content (AvgIpc) is 2.60. The molecule has 0 aromatic heterocycles. The molecule has 0 fully saturated rings. The molecule has 0 saturated carbocycles. The second-order valence-electron chi connectivity index (χ2n) is 6.09. The third-order valence-corrected chi connectivity index (χ3v) is 5.22. The van der Waals surface area contributed by atoms with Crippen LogP contribution in [0.25, 0.3) is 0 Å². The fraction of sp³-hybridized carbons (Fsp3) is 0.263. The van der Waals surface area contributed by atoms with Gasteiger partial charge in [0.05, 0.1) is 15.5 Å². The van der Waals surface area contributed by atoms with Crippen LogP contribution in [0.2, 0.25) is 5.02 Å². The SMILES string of the molecule is CCCC(=O)Nc1ccc(CNC(=O)c2cc(S(C)(=O)=O)ccc2Cl)cc1. The fourth-order valence-electron chi connectivity index (χ4n) is 2.34. The van der Waals surface area contributed by atoms with Gasteiger partial charge in [-0.05, 0) is 42.3 Å². The van der Waals surface area contributed by atoms with Crippen molar-refractivity contribution >= 4 is 38.9 Å². The maximum absolute atomic E-state index is 12.4. The van der Waals surface area contributed by atoms with Crippen LogP contribution in [0.4, 0.5) is 5.69 Å². The molecule has 2 rings (SSSR count). The number of hydrogen-bond acceptors (Lipinski definition) is 4. The minimum absolute atomic E-state index is 0.0317. The fourth-order valence-corrected chi connectivity index (χ4v) is 3.19. The topological polar surface area (TPSA) is 92.3 Å². The van der Waals surface area contributed by atoms with E-state index in [0.29, 0.717) is 12.1 Å². The van der Waals surface area contributed by atoms with E-state index in [0.717, 1.165) is 18.2 Å². The maximum Gasteiger partial charge on any atom is 0.253 e. The normalized spacial score (nSPS) is 11.1. The maximum atomic E-state index is 12.4. The van der Waals surface area contributed by atoms with E-state index in [2.05, 4.69) is 10.6 Å². The lowest BCUT2D eigenvalue weighted by Crippen LogP contribution is -2.23. The Bertz CT molecular complexity index is 941. The van der Waals surface area contributed by atoms with E-state index in [1.807, 2.05) is 6.92 Å². The standard InChI is InChI=1S/C19H21ClN2O4S/c1-3-4-18(23)22-14-7-5-13(6-8-14)12-21-19(24)16-11-15(27(2,25)26)9-10-17(16)20/h5-11H,3-4,12H2,1-2H3,(H,21,24)(H,22,23). The average molecular weight is 409 g/mol. The molecule has 2 amide bonds. The van der Waals surface area contributed by atoms with E-state index in [1.165, 1.54) is 18.2 Å². The lowest BCUT2D eigenvalue weighted by molar-refractivity contribution is -0.116. The van der Waals surface area contributed by atoms with Gasteiger partial charge in [-0.1, -0.05) is 30.7 Å². The molecular weight excluding hydrogens is 388 g/mol. The van der Waals surface area contributed by atoms with Gasteiger partial charge in [-0.15, -0.1) is 0 Å². The number of benzene rings is 2. The molecule has 0 radical (unpaired) electrons. The molecule has 2 aromatic carbocycles. The van der Waals surface area contributed by atoms with E-state index in [1.54, 1.807) is 24.3 Å². The third kappa shape index (κ3) is 6.08. The number of anilines is 1. The number of rotatable bonds is 7. The minimum Gasteiger partial charge on any atom is -0.348 e. The molecule has 0 spiro atoms. The van der Waals surface area contributed by atoms with Crippen LogP contribution in [-0.2, 0) is 21.2 Å². The summed E-state index contributed by atoms with van der Waals surface area (Å²) in [6.07, 6.45) is 2.31. The molecule has 0 aliphatic heterocycles. The number of carbonyl (C=O) groups excluding carboxylic acids is 2. The number of amides is 2. The molecule has 0 aliphatic carbocycles. The second kappa shape index (κ2) is 9.01. The summed E-state index contributed by atoms with van der Waals surface area (Å²) in [5, 5.41) is 5.67. The van der Waals surface area contributed by atoms with Crippen molar-refractivity contribution in [2.24, 2.45) is 0 Å². The van der Waals surface area contributed by atoms with E-state index in [4.69, 9.17) is 11.6 Å². The van der Waals surface area contributed by atoms with Crippen molar-refractivity contribution in [1.29, 1.82) is 0 Å². The predicted molar refractivity (Wildman–Crippen MR) is 106 cm³/mol. The molecule has 2 aromatic rings. The van der Waals surface area contributed by atoms with Gasteiger partial charge in [0.25, 0.3) is 5.91 Å². The zero-order valence-electron chi connectivity index (χ0n) is 15.1. The molecule has 0 saturated heterocycles. The Balaban J connectivity index is 2.02. The van der Waals surface area contributed by atoms with Crippen LogP contribution in [0.1, 0.15) is 35.7 Å². The van der Waals surface area contributed by atoms with Crippen LogP contribution >= 0.6 is 11.6 Å². The largest absolute Gasteiger partial charge is 0.348 e. The predicted octanol–water partition coefficient (Wildman–Crippen LogP) is 3.41. The Labute approximate surface area is 163 Å². The van der Waals surface area contributed by atoms with Gasteiger partial charge < -0.3 is 10.6 Å². The Morgan fingerprint density at radius 1 is 1.07 bits per heavy atom. The van der Waals surface area contributed by atoms with Crippen molar-refractivity contribution < 1.29 is 18.0 Å². The first-order chi connectivity index (χ1) is 12.7. The minimum atomic E-state index is -3.43. The third-order valence-electron chi connectivity index (χ3n) is 3.78. The highest BCUT2D eigenvalue weighted by Crippen LogP contribution is 2.20. The van der Waals surface area contributed by atoms with Crippen LogP contribution in [0.3, 0.4) is 0 Å². The molecule has 0 aliphatic rings. The van der Waals surface area contributed by atoms with Crippen molar-refractivity contribution in [3.63, 3.8) is 0 Å². The zero-order valence-corrected chi connectivity index (χ0v) is 16.7. The van der Waals surface area contributed by atoms with E-state index in [-0.39, 0.29) is 27.9 Å². The quantitative estimate of drug-likeness (QED) is 0.734. The van der Waals surface area contributed by atoms with Crippen molar-refractivity contribution in [2.45, 2.75) is 31.2 Å². The highest BCUT2D eigenvalue weighted by atomic mass is 35.5. The van der Waals surface area contributed by atoms with Crippen molar-refractivity contribution in [3.8, 4) is 0 Å². The number of sulfone groups is 1. The lowest BCUT2D eigenvalue weighted by atomic mass is 10.1. The molecular formula is C19H21ClN2O4S. The molecule has 0 bridgehead atoms. The molecule has 27 heavy (non-hydrogen) atoms. The Morgan fingerprint density at radius 3 is 2.33 bits per heavy atom. The summed E-state index contributed by atoms with van der Waals surface area (Å²) >= 11 is 6.02. The van der Waals surface area contributed by atoms with E-state index < -0.39 is 15.7 Å². The first kappa shape index (κ1) is 20.9. The molecule has 0 unspecified atom stereocenters. The number of hydrogen-bond donors (Lipinski definition) is 2. The van der Waals surface area contributed by atoms with E-state index >= 15 is 0 Å². The Kier molecular flexibility index (Phi) is 6.98. The first-order valence-electron chi connectivity index (χ1n) is 8.37. The van der Waals surface area contributed by atoms with Gasteiger partial charge in [-0.25, -0.2) is 8.42 Å². The number of halogens is 1. The summed E-state index contributed by atoms with van der Waals surface area (Å²) in [4.78, 5) is 24.0. The Hall–Kier alpha value is -2.38. The van der Waals surface area contributed by atoms with Gasteiger partial charge >= 0.3 is 0 Å². The molecule has 144 valence electrons. The second-order valence-corrected chi connectivity index (χ2v) is 8.51. The van der Waals surface area contributed by atoms with Crippen LogP contribution in [0.15, 0.2) is 47.4 Å². The Morgan fingerprint density at radius 2 is 1.74 bits per heavy atom. The smallest absolute Gasteiger partial charge is 0.253 e. The summed E-state index contributed by atoms with van der Waals surface area (Å²) in [5.74, 6) is -0.509. The van der Waals surface area contributed by atoms with Gasteiger partial charge in [0.2, 0.25) is 5.91 Å². The summed E-state index contributed by atoms with van der Waals surface area (Å²) in [5.41, 5.74) is 1.61. The first-order valence-corrected chi connectivity index (χ1v) is 10.6. The van der Waals surface area contributed by atoms with E-state index in [9.17, 15) is 18.0 Å². The summed E-state index contributed by atoms with van der Waals surface area (Å²) in [6, 6.07) is 11.1.